The molecule has 1 aliphatic rings. The van der Waals surface area contributed by atoms with E-state index in [1.807, 2.05) is 30.3 Å². The van der Waals surface area contributed by atoms with E-state index in [9.17, 15) is 4.79 Å². The minimum absolute atomic E-state index is 0.148. The highest BCUT2D eigenvalue weighted by atomic mass is 16.5. The number of nitrogens with one attached hydrogen (secondary N) is 1. The van der Waals surface area contributed by atoms with Crippen LogP contribution in [0.4, 0.5) is 0 Å². The van der Waals surface area contributed by atoms with Gasteiger partial charge in [-0.3, -0.25) is 9.78 Å². The minimum atomic E-state index is -0.265. The number of benzene rings is 1. The molecule has 1 N–H and O–H groups in total. The summed E-state index contributed by atoms with van der Waals surface area (Å²) in [6.45, 7) is 1.06. The standard InChI is InChI=1S/C18H15N3O3/c22-18(15-8-17(24-21-15)12-4-3-7-19-9-12)20-10-13-11-23-16-6-2-1-5-14(13)16/h1-9,13H,10-11H2,(H,20,22). The number of fused-ring (bicyclic) bond motifs is 1. The van der Waals surface area contributed by atoms with E-state index in [0.29, 0.717) is 18.9 Å². The third-order valence-electron chi connectivity index (χ3n) is 4.00. The van der Waals surface area contributed by atoms with Gasteiger partial charge >= 0.3 is 0 Å². The van der Waals surface area contributed by atoms with E-state index in [2.05, 4.69) is 15.5 Å². The zero-order valence-electron chi connectivity index (χ0n) is 12.8. The van der Waals surface area contributed by atoms with Crippen molar-refractivity contribution >= 4 is 5.91 Å². The molecule has 3 aromatic rings. The number of pyridine rings is 1. The first kappa shape index (κ1) is 14.4. The lowest BCUT2D eigenvalue weighted by molar-refractivity contribution is 0.0941. The van der Waals surface area contributed by atoms with Crippen molar-refractivity contribution < 1.29 is 14.1 Å². The monoisotopic (exact) mass is 321 g/mol. The molecule has 6 heteroatoms. The summed E-state index contributed by atoms with van der Waals surface area (Å²) in [7, 11) is 0. The molecule has 1 atom stereocenters. The SMILES string of the molecule is O=C(NCC1COc2ccccc21)c1cc(-c2cccnc2)on1. The fourth-order valence-corrected chi connectivity index (χ4v) is 2.73. The Hall–Kier alpha value is -3.15. The van der Waals surface area contributed by atoms with Gasteiger partial charge in [0.05, 0.1) is 6.61 Å². The number of hydrogen-bond donors (Lipinski definition) is 1. The molecule has 24 heavy (non-hydrogen) atoms. The van der Waals surface area contributed by atoms with Crippen LogP contribution in [-0.4, -0.2) is 29.2 Å². The maximum atomic E-state index is 12.3. The summed E-state index contributed by atoms with van der Waals surface area (Å²) in [5.74, 6) is 1.29. The summed E-state index contributed by atoms with van der Waals surface area (Å²) in [6, 6.07) is 13.1. The van der Waals surface area contributed by atoms with E-state index in [4.69, 9.17) is 9.26 Å². The van der Waals surface area contributed by atoms with Crippen LogP contribution in [-0.2, 0) is 0 Å². The summed E-state index contributed by atoms with van der Waals surface area (Å²) >= 11 is 0. The van der Waals surface area contributed by atoms with E-state index in [1.165, 1.54) is 0 Å². The molecule has 4 rings (SSSR count). The third-order valence-corrected chi connectivity index (χ3v) is 4.00. The van der Waals surface area contributed by atoms with Crippen LogP contribution in [0, 0.1) is 0 Å². The van der Waals surface area contributed by atoms with E-state index in [0.717, 1.165) is 16.9 Å². The number of amides is 1. The Labute approximate surface area is 138 Å². The second kappa shape index (κ2) is 6.16. The van der Waals surface area contributed by atoms with Gasteiger partial charge in [-0.25, -0.2) is 0 Å². The Kier molecular flexibility index (Phi) is 3.70. The number of nitrogens with zero attached hydrogens (tertiary/aromatic N) is 2. The molecule has 2 aromatic heterocycles. The molecular weight excluding hydrogens is 306 g/mol. The molecule has 0 fully saturated rings. The fourth-order valence-electron chi connectivity index (χ4n) is 2.73. The van der Waals surface area contributed by atoms with Crippen LogP contribution in [0.2, 0.25) is 0 Å². The van der Waals surface area contributed by atoms with E-state index in [-0.39, 0.29) is 17.5 Å². The van der Waals surface area contributed by atoms with Gasteiger partial charge in [-0.15, -0.1) is 0 Å². The molecule has 0 aliphatic carbocycles. The van der Waals surface area contributed by atoms with Crippen molar-refractivity contribution in [2.24, 2.45) is 0 Å². The maximum Gasteiger partial charge on any atom is 0.273 e. The number of rotatable bonds is 4. The van der Waals surface area contributed by atoms with Crippen LogP contribution in [0.5, 0.6) is 5.75 Å². The Morgan fingerprint density at radius 3 is 3.04 bits per heavy atom. The molecule has 0 saturated carbocycles. The van der Waals surface area contributed by atoms with Gasteiger partial charge in [-0.05, 0) is 18.2 Å². The van der Waals surface area contributed by atoms with Crippen LogP contribution >= 0.6 is 0 Å². The molecule has 0 radical (unpaired) electrons. The van der Waals surface area contributed by atoms with Crippen LogP contribution in [0.15, 0.2) is 59.4 Å². The van der Waals surface area contributed by atoms with Gasteiger partial charge in [-0.1, -0.05) is 23.4 Å². The molecule has 3 heterocycles. The van der Waals surface area contributed by atoms with Crippen LogP contribution < -0.4 is 10.1 Å². The Morgan fingerprint density at radius 1 is 1.25 bits per heavy atom. The largest absolute Gasteiger partial charge is 0.493 e. The highest BCUT2D eigenvalue weighted by Crippen LogP contribution is 2.32. The summed E-state index contributed by atoms with van der Waals surface area (Å²) in [4.78, 5) is 16.3. The van der Waals surface area contributed by atoms with Gasteiger partial charge < -0.3 is 14.6 Å². The van der Waals surface area contributed by atoms with Crippen LogP contribution in [0.3, 0.4) is 0 Å². The van der Waals surface area contributed by atoms with Crippen molar-refractivity contribution in [3.8, 4) is 17.1 Å². The topological polar surface area (TPSA) is 77.2 Å². The lowest BCUT2D eigenvalue weighted by atomic mass is 10.0. The number of ether oxygens (including phenoxy) is 1. The van der Waals surface area contributed by atoms with Crippen LogP contribution in [0.25, 0.3) is 11.3 Å². The molecule has 1 amide bonds. The first-order valence-corrected chi connectivity index (χ1v) is 7.68. The number of carbonyl (C=O) groups excluding carboxylic acids is 1. The average molecular weight is 321 g/mol. The van der Waals surface area contributed by atoms with Gasteiger partial charge in [0.1, 0.15) is 5.75 Å². The summed E-state index contributed by atoms with van der Waals surface area (Å²) in [5, 5.41) is 6.73. The average Bonchev–Trinajstić information content (AvgIpc) is 3.28. The fraction of sp³-hybridized carbons (Fsp3) is 0.167. The number of para-hydroxylation sites is 1. The minimum Gasteiger partial charge on any atom is -0.493 e. The van der Waals surface area contributed by atoms with Gasteiger partial charge in [0.2, 0.25) is 0 Å². The van der Waals surface area contributed by atoms with E-state index < -0.39 is 0 Å². The van der Waals surface area contributed by atoms with Gasteiger partial charge in [0.15, 0.2) is 11.5 Å². The molecule has 1 unspecified atom stereocenters. The third kappa shape index (κ3) is 2.74. The normalized spacial score (nSPS) is 15.6. The Morgan fingerprint density at radius 2 is 2.17 bits per heavy atom. The second-order valence-electron chi connectivity index (χ2n) is 5.57. The number of hydrogen-bond acceptors (Lipinski definition) is 5. The predicted molar refractivity (Wildman–Crippen MR) is 86.7 cm³/mol. The molecule has 120 valence electrons. The van der Waals surface area contributed by atoms with E-state index in [1.54, 1.807) is 24.5 Å². The first-order valence-electron chi connectivity index (χ1n) is 7.68. The molecular formula is C18H15N3O3. The summed E-state index contributed by atoms with van der Waals surface area (Å²) < 4.78 is 10.8. The number of carbonyl (C=O) groups is 1. The van der Waals surface area contributed by atoms with Gasteiger partial charge in [0, 0.05) is 42.0 Å². The molecule has 6 nitrogen and oxygen atoms in total. The zero-order valence-corrected chi connectivity index (χ0v) is 12.8. The first-order chi connectivity index (χ1) is 11.8. The molecule has 0 spiro atoms. The Balaban J connectivity index is 1.42. The van der Waals surface area contributed by atoms with Gasteiger partial charge in [0.25, 0.3) is 5.91 Å². The highest BCUT2D eigenvalue weighted by molar-refractivity contribution is 5.93. The van der Waals surface area contributed by atoms with E-state index >= 15 is 0 Å². The van der Waals surface area contributed by atoms with Crippen molar-refractivity contribution in [1.82, 2.24) is 15.5 Å². The predicted octanol–water partition coefficient (Wildman–Crippen LogP) is 2.64. The van der Waals surface area contributed by atoms with Gasteiger partial charge in [-0.2, -0.15) is 0 Å². The lowest BCUT2D eigenvalue weighted by Gasteiger charge is -2.09. The maximum absolute atomic E-state index is 12.3. The Bertz CT molecular complexity index is 861. The number of aromatic nitrogens is 2. The van der Waals surface area contributed by atoms with Crippen molar-refractivity contribution in [3.63, 3.8) is 0 Å². The smallest absolute Gasteiger partial charge is 0.273 e. The quantitative estimate of drug-likeness (QED) is 0.799. The molecule has 0 saturated heterocycles. The van der Waals surface area contributed by atoms with Crippen molar-refractivity contribution in [2.45, 2.75) is 5.92 Å². The van der Waals surface area contributed by atoms with Crippen molar-refractivity contribution in [1.29, 1.82) is 0 Å². The van der Waals surface area contributed by atoms with Crippen molar-refractivity contribution in [2.75, 3.05) is 13.2 Å². The summed E-state index contributed by atoms with van der Waals surface area (Å²) in [5.41, 5.74) is 2.15. The highest BCUT2D eigenvalue weighted by Gasteiger charge is 2.24. The van der Waals surface area contributed by atoms with Crippen LogP contribution in [0.1, 0.15) is 22.0 Å². The lowest BCUT2D eigenvalue weighted by Crippen LogP contribution is -2.29. The molecule has 0 bridgehead atoms. The zero-order chi connectivity index (χ0) is 16.4. The second-order valence-corrected chi connectivity index (χ2v) is 5.57. The molecule has 1 aromatic carbocycles. The summed E-state index contributed by atoms with van der Waals surface area (Å²) in [6.07, 6.45) is 3.34. The molecule has 1 aliphatic heterocycles. The van der Waals surface area contributed by atoms with Crippen molar-refractivity contribution in [3.05, 3.63) is 66.1 Å².